The molecule has 1 aliphatic heterocycles. The first kappa shape index (κ1) is 18.0. The van der Waals surface area contributed by atoms with E-state index in [0.29, 0.717) is 0 Å². The fraction of sp³-hybridized carbons (Fsp3) is 0.273. The molecule has 1 aliphatic rings. The SMILES string of the molecule is Fc1ccc(-c2ncn(CCN3CCOCC3)c2-c2ccnc3[nH]ccc23)cc1. The molecule has 29 heavy (non-hydrogen) atoms. The Hall–Kier alpha value is -3.03. The third kappa shape index (κ3) is 3.54. The van der Waals surface area contributed by atoms with E-state index in [2.05, 4.69) is 19.4 Å². The molecule has 0 bridgehead atoms. The number of fused-ring (bicyclic) bond motifs is 1. The zero-order valence-electron chi connectivity index (χ0n) is 16.0. The first-order chi connectivity index (χ1) is 14.3. The third-order valence-corrected chi connectivity index (χ3v) is 5.43. The van der Waals surface area contributed by atoms with Gasteiger partial charge >= 0.3 is 0 Å². The number of hydrogen-bond acceptors (Lipinski definition) is 4. The van der Waals surface area contributed by atoms with Gasteiger partial charge in [-0.05, 0) is 36.4 Å². The number of morpholine rings is 1. The molecule has 148 valence electrons. The maximum atomic E-state index is 13.5. The van der Waals surface area contributed by atoms with Crippen LogP contribution < -0.4 is 0 Å². The van der Waals surface area contributed by atoms with Gasteiger partial charge in [-0.1, -0.05) is 0 Å². The van der Waals surface area contributed by atoms with E-state index in [0.717, 1.165) is 72.9 Å². The second-order valence-electron chi connectivity index (χ2n) is 7.19. The molecule has 5 rings (SSSR count). The van der Waals surface area contributed by atoms with Gasteiger partial charge in [-0.15, -0.1) is 0 Å². The van der Waals surface area contributed by atoms with Crippen molar-refractivity contribution >= 4 is 11.0 Å². The van der Waals surface area contributed by atoms with E-state index in [1.54, 1.807) is 12.1 Å². The summed E-state index contributed by atoms with van der Waals surface area (Å²) in [7, 11) is 0. The molecule has 0 spiro atoms. The number of ether oxygens (including phenoxy) is 1. The van der Waals surface area contributed by atoms with Crippen molar-refractivity contribution in [1.29, 1.82) is 0 Å². The van der Waals surface area contributed by atoms with Crippen molar-refractivity contribution in [2.45, 2.75) is 6.54 Å². The van der Waals surface area contributed by atoms with Crippen LogP contribution in [-0.2, 0) is 11.3 Å². The minimum Gasteiger partial charge on any atom is -0.379 e. The van der Waals surface area contributed by atoms with Crippen molar-refractivity contribution in [3.63, 3.8) is 0 Å². The van der Waals surface area contributed by atoms with E-state index >= 15 is 0 Å². The Balaban J connectivity index is 1.58. The van der Waals surface area contributed by atoms with Crippen molar-refractivity contribution < 1.29 is 9.13 Å². The van der Waals surface area contributed by atoms with Crippen LogP contribution >= 0.6 is 0 Å². The molecule has 4 heterocycles. The number of imidazole rings is 1. The van der Waals surface area contributed by atoms with Crippen LogP contribution in [0.3, 0.4) is 0 Å². The van der Waals surface area contributed by atoms with Crippen molar-refractivity contribution in [2.24, 2.45) is 0 Å². The zero-order valence-corrected chi connectivity index (χ0v) is 16.0. The lowest BCUT2D eigenvalue weighted by Crippen LogP contribution is -2.38. The monoisotopic (exact) mass is 391 g/mol. The number of pyridine rings is 1. The average molecular weight is 391 g/mol. The minimum atomic E-state index is -0.251. The summed E-state index contributed by atoms with van der Waals surface area (Å²) in [6.45, 7) is 5.21. The highest BCUT2D eigenvalue weighted by molar-refractivity contribution is 5.95. The first-order valence-corrected chi connectivity index (χ1v) is 9.83. The van der Waals surface area contributed by atoms with Crippen molar-refractivity contribution in [3.8, 4) is 22.5 Å². The number of nitrogens with zero attached hydrogens (tertiary/aromatic N) is 4. The molecule has 0 atom stereocenters. The maximum Gasteiger partial charge on any atom is 0.137 e. The predicted molar refractivity (Wildman–Crippen MR) is 110 cm³/mol. The van der Waals surface area contributed by atoms with Crippen LogP contribution in [0.25, 0.3) is 33.5 Å². The highest BCUT2D eigenvalue weighted by Gasteiger charge is 2.19. The van der Waals surface area contributed by atoms with Gasteiger partial charge in [0.05, 0.1) is 30.9 Å². The van der Waals surface area contributed by atoms with Crippen molar-refractivity contribution in [3.05, 3.63) is 60.9 Å². The van der Waals surface area contributed by atoms with Gasteiger partial charge in [-0.3, -0.25) is 4.90 Å². The van der Waals surface area contributed by atoms with Gasteiger partial charge < -0.3 is 14.3 Å². The Morgan fingerprint density at radius 2 is 1.83 bits per heavy atom. The quantitative estimate of drug-likeness (QED) is 0.565. The van der Waals surface area contributed by atoms with Crippen LogP contribution in [0.15, 0.2) is 55.1 Å². The van der Waals surface area contributed by atoms with Gasteiger partial charge in [-0.25, -0.2) is 14.4 Å². The molecular weight excluding hydrogens is 369 g/mol. The Morgan fingerprint density at radius 1 is 1.00 bits per heavy atom. The summed E-state index contributed by atoms with van der Waals surface area (Å²) < 4.78 is 21.1. The first-order valence-electron chi connectivity index (χ1n) is 9.83. The second kappa shape index (κ2) is 7.77. The summed E-state index contributed by atoms with van der Waals surface area (Å²) in [6, 6.07) is 10.6. The molecule has 1 saturated heterocycles. The highest BCUT2D eigenvalue weighted by Crippen LogP contribution is 2.35. The van der Waals surface area contributed by atoms with Crippen molar-refractivity contribution in [2.75, 3.05) is 32.8 Å². The van der Waals surface area contributed by atoms with Gasteiger partial charge in [0.2, 0.25) is 0 Å². The third-order valence-electron chi connectivity index (χ3n) is 5.43. The Bertz CT molecular complexity index is 1110. The molecule has 0 unspecified atom stereocenters. The number of halogens is 1. The summed E-state index contributed by atoms with van der Waals surface area (Å²) in [5.74, 6) is -0.251. The second-order valence-corrected chi connectivity index (χ2v) is 7.19. The molecule has 0 saturated carbocycles. The van der Waals surface area contributed by atoms with E-state index in [4.69, 9.17) is 9.72 Å². The lowest BCUT2D eigenvalue weighted by molar-refractivity contribution is 0.0364. The van der Waals surface area contributed by atoms with Crippen LogP contribution in [0.5, 0.6) is 0 Å². The number of hydrogen-bond donors (Lipinski definition) is 1. The molecule has 0 aliphatic carbocycles. The highest BCUT2D eigenvalue weighted by atomic mass is 19.1. The smallest absolute Gasteiger partial charge is 0.137 e. The Morgan fingerprint density at radius 3 is 2.66 bits per heavy atom. The summed E-state index contributed by atoms with van der Waals surface area (Å²) in [5, 5.41) is 1.05. The lowest BCUT2D eigenvalue weighted by Gasteiger charge is -2.26. The van der Waals surface area contributed by atoms with Crippen LogP contribution in [0.1, 0.15) is 0 Å². The van der Waals surface area contributed by atoms with Crippen LogP contribution in [-0.4, -0.2) is 57.3 Å². The van der Waals surface area contributed by atoms with E-state index in [1.807, 2.05) is 30.9 Å². The molecule has 3 aromatic heterocycles. The number of rotatable bonds is 5. The number of aromatic amines is 1. The Kier molecular flexibility index (Phi) is 4.83. The summed E-state index contributed by atoms with van der Waals surface area (Å²) in [5.41, 5.74) is 4.67. The molecule has 1 aromatic carbocycles. The van der Waals surface area contributed by atoms with E-state index in [-0.39, 0.29) is 5.82 Å². The molecule has 1 fully saturated rings. The molecule has 6 nitrogen and oxygen atoms in total. The summed E-state index contributed by atoms with van der Waals surface area (Å²) >= 11 is 0. The van der Waals surface area contributed by atoms with Gasteiger partial charge in [0, 0.05) is 55.1 Å². The molecule has 0 radical (unpaired) electrons. The number of nitrogens with one attached hydrogen (secondary N) is 1. The van der Waals surface area contributed by atoms with Crippen LogP contribution in [0, 0.1) is 5.82 Å². The molecule has 0 amide bonds. The molecular formula is C22H22FN5O. The average Bonchev–Trinajstić information content (AvgIpc) is 3.40. The topological polar surface area (TPSA) is 59.0 Å². The summed E-state index contributed by atoms with van der Waals surface area (Å²) in [4.78, 5) is 14.7. The number of aromatic nitrogens is 4. The lowest BCUT2D eigenvalue weighted by atomic mass is 10.0. The standard InChI is InChI=1S/C22H22FN5O/c23-17-3-1-16(2-4-17)20-21(18-5-7-24-22-19(18)6-8-25-22)28(15-26-20)10-9-27-11-13-29-14-12-27/h1-8,15H,9-14H2,(H,24,25). The molecule has 7 heteroatoms. The fourth-order valence-corrected chi connectivity index (χ4v) is 3.89. The van der Waals surface area contributed by atoms with E-state index in [9.17, 15) is 4.39 Å². The van der Waals surface area contributed by atoms with E-state index < -0.39 is 0 Å². The number of H-pyrrole nitrogens is 1. The zero-order chi connectivity index (χ0) is 19.6. The summed E-state index contributed by atoms with van der Waals surface area (Å²) in [6.07, 6.45) is 5.59. The van der Waals surface area contributed by atoms with Crippen LogP contribution in [0.2, 0.25) is 0 Å². The molecule has 4 aromatic rings. The minimum absolute atomic E-state index is 0.251. The normalized spacial score (nSPS) is 15.2. The van der Waals surface area contributed by atoms with E-state index in [1.165, 1.54) is 12.1 Å². The van der Waals surface area contributed by atoms with Gasteiger partial charge in [0.1, 0.15) is 11.5 Å². The Labute approximate surface area is 168 Å². The fourth-order valence-electron chi connectivity index (χ4n) is 3.89. The molecule has 1 N–H and O–H groups in total. The van der Waals surface area contributed by atoms with Crippen LogP contribution in [0.4, 0.5) is 4.39 Å². The largest absolute Gasteiger partial charge is 0.379 e. The predicted octanol–water partition coefficient (Wildman–Crippen LogP) is 3.56. The van der Waals surface area contributed by atoms with Crippen molar-refractivity contribution in [1.82, 2.24) is 24.4 Å². The van der Waals surface area contributed by atoms with Gasteiger partial charge in [0.15, 0.2) is 0 Å². The van der Waals surface area contributed by atoms with Gasteiger partial charge in [-0.2, -0.15) is 0 Å². The number of benzene rings is 1. The maximum absolute atomic E-state index is 13.5. The van der Waals surface area contributed by atoms with Gasteiger partial charge in [0.25, 0.3) is 0 Å².